The Morgan fingerprint density at radius 1 is 1.09 bits per heavy atom. The lowest BCUT2D eigenvalue weighted by atomic mass is 9.95. The molecule has 8 heteroatoms. The van der Waals surface area contributed by atoms with Crippen molar-refractivity contribution in [2.45, 2.75) is 32.6 Å². The number of imide groups is 1. The maximum absolute atomic E-state index is 13.0. The van der Waals surface area contributed by atoms with Crippen molar-refractivity contribution in [2.75, 3.05) is 25.0 Å². The predicted molar refractivity (Wildman–Crippen MR) is 118 cm³/mol. The number of benzene rings is 1. The molecule has 8 nitrogen and oxygen atoms in total. The fraction of sp³-hybridized carbons (Fsp3) is 0.375. The largest absolute Gasteiger partial charge is 0.339 e. The summed E-state index contributed by atoms with van der Waals surface area (Å²) in [4.78, 5) is 57.6. The van der Waals surface area contributed by atoms with Crippen molar-refractivity contribution < 1.29 is 19.2 Å². The van der Waals surface area contributed by atoms with Crippen LogP contribution in [-0.2, 0) is 4.79 Å². The van der Waals surface area contributed by atoms with Gasteiger partial charge in [-0.05, 0) is 49.6 Å². The molecular weight excluding hydrogens is 408 g/mol. The SMILES string of the molecule is CCCCN1C(=O)c2ccc(C(=O)N3CCC(C(=O)Nc4cccnc4)CC3)cc2C1=O. The number of unbranched alkanes of at least 4 members (excludes halogenated alkanes) is 1. The average molecular weight is 434 g/mol. The lowest BCUT2D eigenvalue weighted by molar-refractivity contribution is -0.121. The number of fused-ring (bicyclic) bond motifs is 1. The molecule has 1 aromatic heterocycles. The molecule has 4 amide bonds. The highest BCUT2D eigenvalue weighted by atomic mass is 16.2. The summed E-state index contributed by atoms with van der Waals surface area (Å²) in [6.45, 7) is 3.30. The number of hydrogen-bond acceptors (Lipinski definition) is 5. The standard InChI is InChI=1S/C24H26N4O4/c1-2-3-11-28-23(31)19-7-6-17(14-20(19)24(28)32)22(30)27-12-8-16(9-13-27)21(29)26-18-5-4-10-25-15-18/h4-7,10,14-16H,2-3,8-9,11-13H2,1H3,(H,26,29). The number of hydrogen-bond donors (Lipinski definition) is 1. The van der Waals surface area contributed by atoms with Gasteiger partial charge in [-0.15, -0.1) is 0 Å². The molecule has 0 unspecified atom stereocenters. The van der Waals surface area contributed by atoms with Crippen LogP contribution in [0.15, 0.2) is 42.7 Å². The topological polar surface area (TPSA) is 99.7 Å². The van der Waals surface area contributed by atoms with E-state index in [0.717, 1.165) is 12.8 Å². The maximum atomic E-state index is 13.0. The number of carbonyl (C=O) groups excluding carboxylic acids is 4. The fourth-order valence-electron chi connectivity index (χ4n) is 4.15. The highest BCUT2D eigenvalue weighted by Crippen LogP contribution is 2.26. The van der Waals surface area contributed by atoms with Crippen molar-refractivity contribution in [3.63, 3.8) is 0 Å². The van der Waals surface area contributed by atoms with E-state index in [0.29, 0.717) is 54.9 Å². The Morgan fingerprint density at radius 2 is 1.84 bits per heavy atom. The number of carbonyl (C=O) groups is 4. The van der Waals surface area contributed by atoms with Gasteiger partial charge in [-0.1, -0.05) is 13.3 Å². The Bertz CT molecular complexity index is 1050. The second-order valence-corrected chi connectivity index (χ2v) is 8.17. The van der Waals surface area contributed by atoms with Crippen molar-refractivity contribution in [1.82, 2.24) is 14.8 Å². The predicted octanol–water partition coefficient (Wildman–Crippen LogP) is 2.97. The monoisotopic (exact) mass is 434 g/mol. The lowest BCUT2D eigenvalue weighted by Crippen LogP contribution is -2.41. The number of piperidine rings is 1. The van der Waals surface area contributed by atoms with Crippen molar-refractivity contribution in [3.8, 4) is 0 Å². The summed E-state index contributed by atoms with van der Waals surface area (Å²) in [5, 5.41) is 2.86. The Hall–Kier alpha value is -3.55. The summed E-state index contributed by atoms with van der Waals surface area (Å²) in [6, 6.07) is 8.26. The van der Waals surface area contributed by atoms with Crippen molar-refractivity contribution in [3.05, 3.63) is 59.4 Å². The van der Waals surface area contributed by atoms with Crippen LogP contribution >= 0.6 is 0 Å². The van der Waals surface area contributed by atoms with Crippen LogP contribution in [-0.4, -0.2) is 58.0 Å². The molecule has 32 heavy (non-hydrogen) atoms. The van der Waals surface area contributed by atoms with Gasteiger partial charge in [0.1, 0.15) is 0 Å². The molecule has 0 spiro atoms. The van der Waals surface area contributed by atoms with E-state index < -0.39 is 0 Å². The molecule has 166 valence electrons. The number of likely N-dealkylation sites (tertiary alicyclic amines) is 1. The quantitative estimate of drug-likeness (QED) is 0.705. The van der Waals surface area contributed by atoms with Crippen LogP contribution < -0.4 is 5.32 Å². The first-order valence-electron chi connectivity index (χ1n) is 11.0. The van der Waals surface area contributed by atoms with Crippen LogP contribution in [0, 0.1) is 5.92 Å². The Balaban J connectivity index is 1.38. The molecule has 2 aliphatic heterocycles. The number of pyridine rings is 1. The molecule has 1 saturated heterocycles. The second kappa shape index (κ2) is 9.30. The number of aromatic nitrogens is 1. The summed E-state index contributed by atoms with van der Waals surface area (Å²) in [5.41, 5.74) is 1.69. The Labute approximate surface area is 186 Å². The van der Waals surface area contributed by atoms with E-state index >= 15 is 0 Å². The highest BCUT2D eigenvalue weighted by Gasteiger charge is 2.36. The average Bonchev–Trinajstić information content (AvgIpc) is 3.07. The molecule has 0 aliphatic carbocycles. The maximum Gasteiger partial charge on any atom is 0.261 e. The minimum atomic E-state index is -0.334. The number of nitrogens with zero attached hydrogens (tertiary/aromatic N) is 3. The number of rotatable bonds is 6. The van der Waals surface area contributed by atoms with Crippen LogP contribution in [0.1, 0.15) is 63.7 Å². The number of amides is 4. The first-order valence-corrected chi connectivity index (χ1v) is 11.0. The number of anilines is 1. The zero-order valence-corrected chi connectivity index (χ0v) is 18.0. The van der Waals surface area contributed by atoms with Crippen molar-refractivity contribution >= 4 is 29.3 Å². The Kier molecular flexibility index (Phi) is 6.30. The van der Waals surface area contributed by atoms with Crippen molar-refractivity contribution in [2.24, 2.45) is 5.92 Å². The van der Waals surface area contributed by atoms with Crippen LogP contribution in [0.5, 0.6) is 0 Å². The van der Waals surface area contributed by atoms with Gasteiger partial charge >= 0.3 is 0 Å². The minimum Gasteiger partial charge on any atom is -0.339 e. The summed E-state index contributed by atoms with van der Waals surface area (Å²) in [6.07, 6.45) is 5.99. The van der Waals surface area contributed by atoms with Gasteiger partial charge in [-0.2, -0.15) is 0 Å². The molecule has 0 atom stereocenters. The van der Waals surface area contributed by atoms with Gasteiger partial charge in [0.2, 0.25) is 5.91 Å². The molecule has 1 fully saturated rings. The van der Waals surface area contributed by atoms with E-state index in [1.165, 1.54) is 11.0 Å². The van der Waals surface area contributed by atoms with Crippen LogP contribution in [0.4, 0.5) is 5.69 Å². The normalized spacial score (nSPS) is 16.3. The first kappa shape index (κ1) is 21.7. The van der Waals surface area contributed by atoms with E-state index in [1.54, 1.807) is 41.6 Å². The molecular formula is C24H26N4O4. The molecule has 0 radical (unpaired) electrons. The summed E-state index contributed by atoms with van der Waals surface area (Å²) in [5.74, 6) is -1.06. The van der Waals surface area contributed by atoms with E-state index in [2.05, 4.69) is 10.3 Å². The molecule has 2 aliphatic rings. The van der Waals surface area contributed by atoms with Gasteiger partial charge in [0, 0.05) is 37.3 Å². The van der Waals surface area contributed by atoms with Gasteiger partial charge in [-0.25, -0.2) is 0 Å². The van der Waals surface area contributed by atoms with E-state index in [1.807, 2.05) is 6.92 Å². The smallest absolute Gasteiger partial charge is 0.261 e. The summed E-state index contributed by atoms with van der Waals surface area (Å²) >= 11 is 0. The number of nitrogens with one attached hydrogen (secondary N) is 1. The fourth-order valence-corrected chi connectivity index (χ4v) is 4.15. The molecule has 0 saturated carbocycles. The minimum absolute atomic E-state index is 0.0705. The van der Waals surface area contributed by atoms with Gasteiger partial charge < -0.3 is 10.2 Å². The van der Waals surface area contributed by atoms with E-state index in [-0.39, 0.29) is 29.5 Å². The molecule has 3 heterocycles. The Morgan fingerprint density at radius 3 is 2.53 bits per heavy atom. The van der Waals surface area contributed by atoms with Crippen molar-refractivity contribution in [1.29, 1.82) is 0 Å². The first-order chi connectivity index (χ1) is 15.5. The molecule has 2 aromatic rings. The summed E-state index contributed by atoms with van der Waals surface area (Å²) < 4.78 is 0. The third kappa shape index (κ3) is 4.26. The highest BCUT2D eigenvalue weighted by molar-refractivity contribution is 6.22. The second-order valence-electron chi connectivity index (χ2n) is 8.17. The molecule has 4 rings (SSSR count). The zero-order valence-electron chi connectivity index (χ0n) is 18.0. The van der Waals surface area contributed by atoms with Gasteiger partial charge in [0.05, 0.1) is 23.0 Å². The van der Waals surface area contributed by atoms with Crippen LogP contribution in [0.25, 0.3) is 0 Å². The van der Waals surface area contributed by atoms with E-state index in [4.69, 9.17) is 0 Å². The van der Waals surface area contributed by atoms with Gasteiger partial charge in [0.25, 0.3) is 17.7 Å². The molecule has 1 N–H and O–H groups in total. The van der Waals surface area contributed by atoms with Gasteiger partial charge in [-0.3, -0.25) is 29.1 Å². The van der Waals surface area contributed by atoms with Crippen LogP contribution in [0.2, 0.25) is 0 Å². The zero-order chi connectivity index (χ0) is 22.7. The van der Waals surface area contributed by atoms with Gasteiger partial charge in [0.15, 0.2) is 0 Å². The molecule has 0 bridgehead atoms. The van der Waals surface area contributed by atoms with Crippen LogP contribution in [0.3, 0.4) is 0 Å². The summed E-state index contributed by atoms with van der Waals surface area (Å²) in [7, 11) is 0. The van der Waals surface area contributed by atoms with E-state index in [9.17, 15) is 19.2 Å². The third-order valence-electron chi connectivity index (χ3n) is 6.03. The lowest BCUT2D eigenvalue weighted by Gasteiger charge is -2.31. The third-order valence-corrected chi connectivity index (χ3v) is 6.03. The molecule has 1 aromatic carbocycles.